The molecule has 1 saturated heterocycles. The summed E-state index contributed by atoms with van der Waals surface area (Å²) < 4.78 is 0. The van der Waals surface area contributed by atoms with Gasteiger partial charge in [-0.25, -0.2) is 0 Å². The molecule has 2 amide bonds. The zero-order chi connectivity index (χ0) is 14.3. The Labute approximate surface area is 128 Å². The van der Waals surface area contributed by atoms with Gasteiger partial charge < -0.3 is 16.0 Å². The average Bonchev–Trinajstić information content (AvgIpc) is 2.34. The molecule has 20 heavy (non-hydrogen) atoms. The predicted octanol–water partition coefficient (Wildman–Crippen LogP) is 1.22. The van der Waals surface area contributed by atoms with Gasteiger partial charge in [0, 0.05) is 18.5 Å². The maximum absolute atomic E-state index is 11.7. The largest absolute Gasteiger partial charge is 0.352 e. The SMILES string of the molecule is CC(C)CCC(=O)NCC(=O)NC1CCNC(C)C1.Cl. The molecule has 1 aliphatic rings. The van der Waals surface area contributed by atoms with Crippen LogP contribution in [0.15, 0.2) is 0 Å². The van der Waals surface area contributed by atoms with E-state index in [-0.39, 0.29) is 36.8 Å². The van der Waals surface area contributed by atoms with Crippen LogP contribution in [-0.2, 0) is 9.59 Å². The Balaban J connectivity index is 0.00000361. The average molecular weight is 306 g/mol. The summed E-state index contributed by atoms with van der Waals surface area (Å²) in [5.74, 6) is 0.385. The summed E-state index contributed by atoms with van der Waals surface area (Å²) >= 11 is 0. The molecule has 0 spiro atoms. The minimum absolute atomic E-state index is 0. The molecule has 0 bridgehead atoms. The molecule has 2 unspecified atom stereocenters. The highest BCUT2D eigenvalue weighted by atomic mass is 35.5. The van der Waals surface area contributed by atoms with Crippen molar-refractivity contribution in [3.8, 4) is 0 Å². The Morgan fingerprint density at radius 1 is 1.30 bits per heavy atom. The molecule has 0 aliphatic carbocycles. The first-order chi connectivity index (χ1) is 8.97. The van der Waals surface area contributed by atoms with Crippen LogP contribution in [0, 0.1) is 5.92 Å². The molecule has 0 aromatic heterocycles. The molecule has 1 aliphatic heterocycles. The maximum Gasteiger partial charge on any atom is 0.239 e. The molecular formula is C14H28ClN3O2. The van der Waals surface area contributed by atoms with E-state index in [9.17, 15) is 9.59 Å². The second kappa shape index (κ2) is 10.00. The lowest BCUT2D eigenvalue weighted by Crippen LogP contribution is -2.48. The molecule has 1 rings (SSSR count). The highest BCUT2D eigenvalue weighted by molar-refractivity contribution is 5.85. The molecule has 2 atom stereocenters. The number of carbonyl (C=O) groups is 2. The van der Waals surface area contributed by atoms with Gasteiger partial charge in [-0.15, -0.1) is 12.4 Å². The van der Waals surface area contributed by atoms with Crippen molar-refractivity contribution in [1.82, 2.24) is 16.0 Å². The van der Waals surface area contributed by atoms with Crippen molar-refractivity contribution >= 4 is 24.2 Å². The van der Waals surface area contributed by atoms with Gasteiger partial charge in [-0.1, -0.05) is 13.8 Å². The van der Waals surface area contributed by atoms with Crippen LogP contribution in [0.2, 0.25) is 0 Å². The summed E-state index contributed by atoms with van der Waals surface area (Å²) in [4.78, 5) is 23.2. The van der Waals surface area contributed by atoms with Gasteiger partial charge in [-0.3, -0.25) is 9.59 Å². The van der Waals surface area contributed by atoms with Gasteiger partial charge in [0.15, 0.2) is 0 Å². The Bertz CT molecular complexity index is 311. The molecule has 0 saturated carbocycles. The van der Waals surface area contributed by atoms with E-state index >= 15 is 0 Å². The summed E-state index contributed by atoms with van der Waals surface area (Å²) in [5, 5.41) is 8.99. The van der Waals surface area contributed by atoms with Crippen LogP contribution in [0.25, 0.3) is 0 Å². The number of hydrogen-bond donors (Lipinski definition) is 3. The first kappa shape index (κ1) is 19.2. The van der Waals surface area contributed by atoms with E-state index in [0.29, 0.717) is 18.4 Å². The van der Waals surface area contributed by atoms with Crippen molar-refractivity contribution in [2.45, 2.75) is 58.5 Å². The van der Waals surface area contributed by atoms with E-state index in [1.807, 2.05) is 0 Å². The summed E-state index contributed by atoms with van der Waals surface area (Å²) in [6.07, 6.45) is 3.26. The van der Waals surface area contributed by atoms with Crippen LogP contribution >= 0.6 is 12.4 Å². The number of amides is 2. The number of rotatable bonds is 6. The number of halogens is 1. The van der Waals surface area contributed by atoms with Crippen LogP contribution < -0.4 is 16.0 Å². The number of carbonyl (C=O) groups excluding carboxylic acids is 2. The molecular weight excluding hydrogens is 278 g/mol. The summed E-state index contributed by atoms with van der Waals surface area (Å²) in [5.41, 5.74) is 0. The lowest BCUT2D eigenvalue weighted by Gasteiger charge is -2.28. The van der Waals surface area contributed by atoms with Crippen molar-refractivity contribution in [1.29, 1.82) is 0 Å². The quantitative estimate of drug-likeness (QED) is 0.691. The highest BCUT2D eigenvalue weighted by Crippen LogP contribution is 2.07. The van der Waals surface area contributed by atoms with Crippen LogP contribution in [-0.4, -0.2) is 37.0 Å². The van der Waals surface area contributed by atoms with E-state index in [1.54, 1.807) is 0 Å². The van der Waals surface area contributed by atoms with E-state index < -0.39 is 0 Å². The minimum Gasteiger partial charge on any atom is -0.352 e. The number of hydrogen-bond acceptors (Lipinski definition) is 3. The molecule has 6 heteroatoms. The molecule has 0 aromatic rings. The van der Waals surface area contributed by atoms with Crippen LogP contribution in [0.1, 0.15) is 46.5 Å². The fourth-order valence-electron chi connectivity index (χ4n) is 2.23. The Morgan fingerprint density at radius 3 is 2.60 bits per heavy atom. The Morgan fingerprint density at radius 2 is 2.00 bits per heavy atom. The Hall–Kier alpha value is -0.810. The first-order valence-corrected chi connectivity index (χ1v) is 7.26. The minimum atomic E-state index is -0.0861. The van der Waals surface area contributed by atoms with E-state index in [2.05, 4.69) is 36.7 Å². The van der Waals surface area contributed by atoms with E-state index in [4.69, 9.17) is 0 Å². The van der Waals surface area contributed by atoms with Gasteiger partial charge in [-0.05, 0) is 38.6 Å². The molecule has 0 radical (unpaired) electrons. The van der Waals surface area contributed by atoms with Gasteiger partial charge in [0.2, 0.25) is 11.8 Å². The molecule has 1 fully saturated rings. The first-order valence-electron chi connectivity index (χ1n) is 7.26. The normalized spacial score (nSPS) is 22.0. The zero-order valence-corrected chi connectivity index (χ0v) is 13.5. The lowest BCUT2D eigenvalue weighted by atomic mass is 10.0. The molecule has 1 heterocycles. The van der Waals surface area contributed by atoms with E-state index in [0.717, 1.165) is 25.8 Å². The van der Waals surface area contributed by atoms with Crippen LogP contribution in [0.3, 0.4) is 0 Å². The Kier molecular flexibility index (Phi) is 9.59. The fraction of sp³-hybridized carbons (Fsp3) is 0.857. The van der Waals surface area contributed by atoms with Crippen molar-refractivity contribution in [3.63, 3.8) is 0 Å². The van der Waals surface area contributed by atoms with Gasteiger partial charge >= 0.3 is 0 Å². The number of nitrogens with one attached hydrogen (secondary N) is 3. The second-order valence-corrected chi connectivity index (χ2v) is 5.85. The smallest absolute Gasteiger partial charge is 0.239 e. The summed E-state index contributed by atoms with van der Waals surface area (Å²) in [7, 11) is 0. The van der Waals surface area contributed by atoms with Gasteiger partial charge in [0.1, 0.15) is 0 Å². The monoisotopic (exact) mass is 305 g/mol. The van der Waals surface area contributed by atoms with Crippen molar-refractivity contribution < 1.29 is 9.59 Å². The maximum atomic E-state index is 11.7. The lowest BCUT2D eigenvalue weighted by molar-refractivity contribution is -0.126. The van der Waals surface area contributed by atoms with Crippen molar-refractivity contribution in [2.24, 2.45) is 5.92 Å². The van der Waals surface area contributed by atoms with Crippen molar-refractivity contribution in [3.05, 3.63) is 0 Å². The zero-order valence-electron chi connectivity index (χ0n) is 12.7. The van der Waals surface area contributed by atoms with Crippen LogP contribution in [0.5, 0.6) is 0 Å². The predicted molar refractivity (Wildman–Crippen MR) is 83.0 cm³/mol. The third-order valence-electron chi connectivity index (χ3n) is 3.38. The van der Waals surface area contributed by atoms with Crippen molar-refractivity contribution in [2.75, 3.05) is 13.1 Å². The fourth-order valence-corrected chi connectivity index (χ4v) is 2.23. The molecule has 0 aromatic carbocycles. The van der Waals surface area contributed by atoms with Gasteiger partial charge in [-0.2, -0.15) is 0 Å². The molecule has 3 N–H and O–H groups in total. The number of piperidine rings is 1. The van der Waals surface area contributed by atoms with Crippen LogP contribution in [0.4, 0.5) is 0 Å². The third kappa shape index (κ3) is 8.38. The van der Waals surface area contributed by atoms with Gasteiger partial charge in [0.25, 0.3) is 0 Å². The highest BCUT2D eigenvalue weighted by Gasteiger charge is 2.19. The topological polar surface area (TPSA) is 70.2 Å². The molecule has 118 valence electrons. The molecule has 5 nitrogen and oxygen atoms in total. The van der Waals surface area contributed by atoms with E-state index in [1.165, 1.54) is 0 Å². The third-order valence-corrected chi connectivity index (χ3v) is 3.38. The summed E-state index contributed by atoms with van der Waals surface area (Å²) in [6, 6.07) is 0.677. The summed E-state index contributed by atoms with van der Waals surface area (Å²) in [6.45, 7) is 7.31. The second-order valence-electron chi connectivity index (χ2n) is 5.85. The standard InChI is InChI=1S/C14H27N3O2.ClH/c1-10(2)4-5-13(18)16-9-14(19)17-12-6-7-15-11(3)8-12;/h10-12,15H,4-9H2,1-3H3,(H,16,18)(H,17,19);1H. The van der Waals surface area contributed by atoms with Gasteiger partial charge in [0.05, 0.1) is 6.54 Å².